The highest BCUT2D eigenvalue weighted by molar-refractivity contribution is 6.30. The van der Waals surface area contributed by atoms with Gasteiger partial charge in [-0.2, -0.15) is 0 Å². The van der Waals surface area contributed by atoms with Crippen molar-refractivity contribution in [3.05, 3.63) is 58.6 Å². The van der Waals surface area contributed by atoms with Crippen LogP contribution in [0.2, 0.25) is 5.02 Å². The number of ketones is 1. The van der Waals surface area contributed by atoms with E-state index in [1.165, 1.54) is 27.2 Å². The molecule has 0 N–H and O–H groups in total. The van der Waals surface area contributed by atoms with Crippen molar-refractivity contribution in [3.8, 4) is 11.5 Å². The summed E-state index contributed by atoms with van der Waals surface area (Å²) in [4.78, 5) is 24.5. The number of carbonyl (C=O) groups excluding carboxylic acids is 2. The molecule has 0 saturated heterocycles. The van der Waals surface area contributed by atoms with Gasteiger partial charge < -0.3 is 14.2 Å². The molecule has 0 heterocycles. The molecule has 0 amide bonds. The summed E-state index contributed by atoms with van der Waals surface area (Å²) >= 11 is 5.79. The average molecular weight is 349 g/mol. The largest absolute Gasteiger partial charge is 0.493 e. The fourth-order valence-corrected chi connectivity index (χ4v) is 2.22. The molecule has 1 unspecified atom stereocenters. The van der Waals surface area contributed by atoms with Gasteiger partial charge in [-0.1, -0.05) is 11.6 Å². The summed E-state index contributed by atoms with van der Waals surface area (Å²) in [6, 6.07) is 11.0. The van der Waals surface area contributed by atoms with E-state index < -0.39 is 12.1 Å². The summed E-state index contributed by atoms with van der Waals surface area (Å²) in [5, 5.41) is 0.529. The molecule has 2 aromatic rings. The lowest BCUT2D eigenvalue weighted by molar-refractivity contribution is 0.0318. The first-order valence-corrected chi connectivity index (χ1v) is 7.57. The zero-order chi connectivity index (χ0) is 17.7. The minimum absolute atomic E-state index is 0.267. The highest BCUT2D eigenvalue weighted by atomic mass is 35.5. The lowest BCUT2D eigenvalue weighted by atomic mass is 10.1. The van der Waals surface area contributed by atoms with Crippen molar-refractivity contribution in [1.82, 2.24) is 0 Å². The molecule has 6 heteroatoms. The standard InChI is InChI=1S/C18H17ClO5/c1-11(17(20)12-4-7-14(19)8-5-12)24-18(21)13-6-9-15(22-2)16(10-13)23-3/h4-11H,1-3H3. The number of hydrogen-bond acceptors (Lipinski definition) is 5. The van der Waals surface area contributed by atoms with Crippen LogP contribution in [-0.2, 0) is 4.74 Å². The lowest BCUT2D eigenvalue weighted by Crippen LogP contribution is -2.24. The van der Waals surface area contributed by atoms with E-state index in [1.54, 1.807) is 36.4 Å². The average Bonchev–Trinajstić information content (AvgIpc) is 2.60. The maximum atomic E-state index is 12.3. The summed E-state index contributed by atoms with van der Waals surface area (Å²) in [6.07, 6.45) is -0.924. The van der Waals surface area contributed by atoms with Gasteiger partial charge in [0.05, 0.1) is 19.8 Å². The number of halogens is 1. The highest BCUT2D eigenvalue weighted by Crippen LogP contribution is 2.28. The predicted octanol–water partition coefficient (Wildman–Crippen LogP) is 3.79. The number of esters is 1. The van der Waals surface area contributed by atoms with Crippen molar-refractivity contribution in [2.45, 2.75) is 13.0 Å². The summed E-state index contributed by atoms with van der Waals surface area (Å²) in [5.41, 5.74) is 0.690. The topological polar surface area (TPSA) is 61.8 Å². The number of ether oxygens (including phenoxy) is 3. The molecular weight excluding hydrogens is 332 g/mol. The lowest BCUT2D eigenvalue weighted by Gasteiger charge is -2.13. The molecule has 1 atom stereocenters. The monoisotopic (exact) mass is 348 g/mol. The van der Waals surface area contributed by atoms with Crippen molar-refractivity contribution in [1.29, 1.82) is 0 Å². The van der Waals surface area contributed by atoms with E-state index in [1.807, 2.05) is 0 Å². The van der Waals surface area contributed by atoms with Gasteiger partial charge in [-0.25, -0.2) is 4.79 Å². The molecule has 0 fully saturated rings. The van der Waals surface area contributed by atoms with Gasteiger partial charge in [0.2, 0.25) is 5.78 Å². The van der Waals surface area contributed by atoms with Gasteiger partial charge in [-0.05, 0) is 49.4 Å². The molecule has 0 radical (unpaired) electrons. The van der Waals surface area contributed by atoms with Gasteiger partial charge in [0.15, 0.2) is 17.6 Å². The Morgan fingerprint density at radius 1 is 0.917 bits per heavy atom. The van der Waals surface area contributed by atoms with Crippen LogP contribution in [0.4, 0.5) is 0 Å². The summed E-state index contributed by atoms with van der Waals surface area (Å²) in [6.45, 7) is 1.52. The molecule has 0 aliphatic heterocycles. The van der Waals surface area contributed by atoms with Gasteiger partial charge >= 0.3 is 5.97 Å². The van der Waals surface area contributed by atoms with E-state index >= 15 is 0 Å². The van der Waals surface area contributed by atoms with E-state index in [-0.39, 0.29) is 11.3 Å². The zero-order valence-electron chi connectivity index (χ0n) is 13.5. The number of rotatable bonds is 6. The van der Waals surface area contributed by atoms with Gasteiger partial charge in [-0.3, -0.25) is 4.79 Å². The Balaban J connectivity index is 2.11. The first-order chi connectivity index (χ1) is 11.5. The molecule has 0 aliphatic rings. The molecule has 2 rings (SSSR count). The smallest absolute Gasteiger partial charge is 0.338 e. The minimum Gasteiger partial charge on any atom is -0.493 e. The van der Waals surface area contributed by atoms with Crippen LogP contribution in [0, 0.1) is 0 Å². The third kappa shape index (κ3) is 4.06. The number of carbonyl (C=O) groups is 2. The van der Waals surface area contributed by atoms with Crippen LogP contribution in [0.5, 0.6) is 11.5 Å². The second kappa shape index (κ2) is 7.84. The van der Waals surface area contributed by atoms with Crippen LogP contribution in [0.3, 0.4) is 0 Å². The first-order valence-electron chi connectivity index (χ1n) is 7.19. The Morgan fingerprint density at radius 2 is 1.50 bits per heavy atom. The van der Waals surface area contributed by atoms with Crippen molar-refractivity contribution in [2.75, 3.05) is 14.2 Å². The molecule has 0 aromatic heterocycles. The van der Waals surface area contributed by atoms with E-state index in [9.17, 15) is 9.59 Å². The maximum absolute atomic E-state index is 12.3. The SMILES string of the molecule is COc1ccc(C(=O)OC(C)C(=O)c2ccc(Cl)cc2)cc1OC. The third-order valence-electron chi connectivity index (χ3n) is 3.40. The molecule has 0 bridgehead atoms. The molecule has 0 spiro atoms. The zero-order valence-corrected chi connectivity index (χ0v) is 14.3. The molecule has 5 nitrogen and oxygen atoms in total. The molecule has 0 saturated carbocycles. The number of benzene rings is 2. The van der Waals surface area contributed by atoms with Crippen molar-refractivity contribution < 1.29 is 23.8 Å². The van der Waals surface area contributed by atoms with E-state index in [0.717, 1.165) is 0 Å². The Morgan fingerprint density at radius 3 is 2.08 bits per heavy atom. The second-order valence-electron chi connectivity index (χ2n) is 4.99. The molecular formula is C18H17ClO5. The summed E-state index contributed by atoms with van der Waals surface area (Å²) in [7, 11) is 2.97. The quantitative estimate of drug-likeness (QED) is 0.587. The van der Waals surface area contributed by atoms with Crippen LogP contribution in [0.25, 0.3) is 0 Å². The van der Waals surface area contributed by atoms with Crippen molar-refractivity contribution >= 4 is 23.4 Å². The van der Waals surface area contributed by atoms with Crippen LogP contribution in [-0.4, -0.2) is 32.1 Å². The normalized spacial score (nSPS) is 11.5. The van der Waals surface area contributed by atoms with Gasteiger partial charge in [0, 0.05) is 10.6 Å². The van der Waals surface area contributed by atoms with Crippen LogP contribution < -0.4 is 9.47 Å². The van der Waals surface area contributed by atoms with E-state index in [2.05, 4.69) is 0 Å². The number of Topliss-reactive ketones (excluding diaryl/α,β-unsaturated/α-hetero) is 1. The fourth-order valence-electron chi connectivity index (χ4n) is 2.09. The second-order valence-corrected chi connectivity index (χ2v) is 5.42. The van der Waals surface area contributed by atoms with Crippen LogP contribution in [0.1, 0.15) is 27.6 Å². The fraction of sp³-hybridized carbons (Fsp3) is 0.222. The molecule has 24 heavy (non-hydrogen) atoms. The third-order valence-corrected chi connectivity index (χ3v) is 3.65. The maximum Gasteiger partial charge on any atom is 0.338 e. The van der Waals surface area contributed by atoms with Gasteiger partial charge in [0.25, 0.3) is 0 Å². The Kier molecular flexibility index (Phi) is 5.82. The minimum atomic E-state index is -0.924. The Labute approximate surface area is 145 Å². The summed E-state index contributed by atoms with van der Waals surface area (Å²) in [5.74, 6) is -0.0192. The summed E-state index contributed by atoms with van der Waals surface area (Å²) < 4.78 is 15.5. The Bertz CT molecular complexity index is 740. The number of methoxy groups -OCH3 is 2. The van der Waals surface area contributed by atoms with E-state index in [0.29, 0.717) is 22.1 Å². The van der Waals surface area contributed by atoms with Crippen molar-refractivity contribution in [3.63, 3.8) is 0 Å². The first kappa shape index (κ1) is 17.8. The van der Waals surface area contributed by atoms with Crippen LogP contribution in [0.15, 0.2) is 42.5 Å². The molecule has 2 aromatic carbocycles. The molecule has 126 valence electrons. The Hall–Kier alpha value is -2.53. The highest BCUT2D eigenvalue weighted by Gasteiger charge is 2.21. The van der Waals surface area contributed by atoms with Crippen LogP contribution >= 0.6 is 11.6 Å². The van der Waals surface area contributed by atoms with E-state index in [4.69, 9.17) is 25.8 Å². The number of hydrogen-bond donors (Lipinski definition) is 0. The molecule has 0 aliphatic carbocycles. The van der Waals surface area contributed by atoms with Crippen molar-refractivity contribution in [2.24, 2.45) is 0 Å². The van der Waals surface area contributed by atoms with Gasteiger partial charge in [0.1, 0.15) is 0 Å². The predicted molar refractivity (Wildman–Crippen MR) is 90.2 cm³/mol. The van der Waals surface area contributed by atoms with Gasteiger partial charge in [-0.15, -0.1) is 0 Å².